The fourth-order valence-electron chi connectivity index (χ4n) is 1.73. The number of urea groups is 1. The van der Waals surface area contributed by atoms with Crippen LogP contribution in [0.15, 0.2) is 24.3 Å². The van der Waals surface area contributed by atoms with Gasteiger partial charge in [0.2, 0.25) is 0 Å². The van der Waals surface area contributed by atoms with E-state index in [9.17, 15) is 14.4 Å². The number of rotatable bonds is 6. The summed E-state index contributed by atoms with van der Waals surface area (Å²) in [6.45, 7) is 1.71. The first kappa shape index (κ1) is 17.5. The van der Waals surface area contributed by atoms with Gasteiger partial charge in [0.05, 0.1) is 20.6 Å². The second-order valence-electron chi connectivity index (χ2n) is 4.62. The topological polar surface area (TPSA) is 84.9 Å². The van der Waals surface area contributed by atoms with Gasteiger partial charge in [0.25, 0.3) is 0 Å². The Bertz CT molecular complexity index is 544. The molecule has 0 aliphatic rings. The number of nitrogens with zero attached hydrogens (tertiary/aromatic N) is 1. The molecule has 0 fully saturated rings. The van der Waals surface area contributed by atoms with Crippen LogP contribution in [0.1, 0.15) is 12.0 Å². The van der Waals surface area contributed by atoms with E-state index >= 15 is 0 Å². The third kappa shape index (κ3) is 5.82. The van der Waals surface area contributed by atoms with Crippen molar-refractivity contribution in [3.05, 3.63) is 29.8 Å². The molecule has 0 unspecified atom stereocenters. The van der Waals surface area contributed by atoms with Gasteiger partial charge in [-0.3, -0.25) is 9.59 Å². The van der Waals surface area contributed by atoms with Crippen molar-refractivity contribution in [2.24, 2.45) is 0 Å². The van der Waals surface area contributed by atoms with Crippen molar-refractivity contribution in [3.8, 4) is 0 Å². The molecule has 120 valence electrons. The molecule has 0 saturated carbocycles. The van der Waals surface area contributed by atoms with Crippen LogP contribution < -0.4 is 5.32 Å². The van der Waals surface area contributed by atoms with Crippen LogP contribution in [0.5, 0.6) is 0 Å². The van der Waals surface area contributed by atoms with Crippen molar-refractivity contribution in [3.63, 3.8) is 0 Å². The Morgan fingerprint density at radius 3 is 2.41 bits per heavy atom. The number of nitrogens with one attached hydrogen (secondary N) is 1. The number of benzene rings is 1. The van der Waals surface area contributed by atoms with Gasteiger partial charge in [0.15, 0.2) is 0 Å². The standard InChI is InChI=1S/C15H20N2O5/c1-11-5-4-6-12(9-11)16-15(20)17(10-14(19)22-3)8-7-13(18)21-2/h4-6,9H,7-8,10H2,1-3H3,(H,16,20). The zero-order valence-corrected chi connectivity index (χ0v) is 12.9. The maximum atomic E-state index is 12.2. The number of hydrogen-bond acceptors (Lipinski definition) is 5. The molecule has 0 aromatic heterocycles. The van der Waals surface area contributed by atoms with Gasteiger partial charge in [-0.05, 0) is 24.6 Å². The third-order valence-corrected chi connectivity index (χ3v) is 2.92. The average molecular weight is 308 g/mol. The number of aryl methyl sites for hydroxylation is 1. The van der Waals surface area contributed by atoms with E-state index in [0.29, 0.717) is 5.69 Å². The molecule has 2 amide bonds. The van der Waals surface area contributed by atoms with Crippen LogP contribution in [0.2, 0.25) is 0 Å². The lowest BCUT2D eigenvalue weighted by atomic mass is 10.2. The zero-order chi connectivity index (χ0) is 16.5. The van der Waals surface area contributed by atoms with E-state index in [1.54, 1.807) is 12.1 Å². The van der Waals surface area contributed by atoms with E-state index in [2.05, 4.69) is 14.8 Å². The molecule has 0 bridgehead atoms. The Labute approximate surface area is 129 Å². The maximum absolute atomic E-state index is 12.2. The lowest BCUT2D eigenvalue weighted by molar-refractivity contribution is -0.143. The van der Waals surface area contributed by atoms with Gasteiger partial charge in [-0.1, -0.05) is 12.1 Å². The van der Waals surface area contributed by atoms with Crippen LogP contribution in [0.4, 0.5) is 10.5 Å². The van der Waals surface area contributed by atoms with Gasteiger partial charge in [0, 0.05) is 12.2 Å². The molecule has 0 atom stereocenters. The number of carbonyl (C=O) groups excluding carboxylic acids is 3. The van der Waals surface area contributed by atoms with Crippen LogP contribution >= 0.6 is 0 Å². The largest absolute Gasteiger partial charge is 0.469 e. The smallest absolute Gasteiger partial charge is 0.325 e. The normalized spacial score (nSPS) is 9.77. The van der Waals surface area contributed by atoms with E-state index in [1.807, 2.05) is 19.1 Å². The van der Waals surface area contributed by atoms with Crippen molar-refractivity contribution in [1.29, 1.82) is 0 Å². The van der Waals surface area contributed by atoms with Gasteiger partial charge in [-0.25, -0.2) is 4.79 Å². The molecular weight excluding hydrogens is 288 g/mol. The highest BCUT2D eigenvalue weighted by Crippen LogP contribution is 2.10. The molecule has 1 rings (SSSR count). The van der Waals surface area contributed by atoms with Crippen molar-refractivity contribution in [1.82, 2.24) is 4.90 Å². The minimum Gasteiger partial charge on any atom is -0.469 e. The summed E-state index contributed by atoms with van der Waals surface area (Å²) >= 11 is 0. The first-order chi connectivity index (χ1) is 10.5. The highest BCUT2D eigenvalue weighted by molar-refractivity contribution is 5.91. The van der Waals surface area contributed by atoms with E-state index < -0.39 is 18.0 Å². The molecule has 0 saturated heterocycles. The quantitative estimate of drug-likeness (QED) is 0.806. The fraction of sp³-hybridized carbons (Fsp3) is 0.400. The molecular formula is C15H20N2O5. The first-order valence-corrected chi connectivity index (χ1v) is 6.72. The van der Waals surface area contributed by atoms with E-state index in [0.717, 1.165) is 5.56 Å². The Morgan fingerprint density at radius 2 is 1.82 bits per heavy atom. The monoisotopic (exact) mass is 308 g/mol. The Hall–Kier alpha value is -2.57. The van der Waals surface area contributed by atoms with Gasteiger partial charge in [-0.15, -0.1) is 0 Å². The molecule has 0 heterocycles. The molecule has 0 aliphatic carbocycles. The summed E-state index contributed by atoms with van der Waals surface area (Å²) in [7, 11) is 2.50. The average Bonchev–Trinajstić information content (AvgIpc) is 2.50. The molecule has 1 aromatic carbocycles. The summed E-state index contributed by atoms with van der Waals surface area (Å²) in [6, 6.07) is 6.76. The summed E-state index contributed by atoms with van der Waals surface area (Å²) in [5, 5.41) is 2.68. The van der Waals surface area contributed by atoms with Crippen LogP contribution in [0, 0.1) is 6.92 Å². The molecule has 1 aromatic rings. The zero-order valence-electron chi connectivity index (χ0n) is 12.9. The van der Waals surface area contributed by atoms with Crippen LogP contribution in [0.25, 0.3) is 0 Å². The maximum Gasteiger partial charge on any atom is 0.325 e. The van der Waals surface area contributed by atoms with Crippen molar-refractivity contribution < 1.29 is 23.9 Å². The third-order valence-electron chi connectivity index (χ3n) is 2.92. The number of carbonyl (C=O) groups is 3. The molecule has 7 heteroatoms. The second-order valence-corrected chi connectivity index (χ2v) is 4.62. The minimum absolute atomic E-state index is 0.00523. The Morgan fingerprint density at radius 1 is 1.14 bits per heavy atom. The van der Waals surface area contributed by atoms with Gasteiger partial charge < -0.3 is 19.7 Å². The predicted octanol–water partition coefficient (Wildman–Crippen LogP) is 1.57. The van der Waals surface area contributed by atoms with Gasteiger partial charge in [0.1, 0.15) is 6.54 Å². The summed E-state index contributed by atoms with van der Waals surface area (Å²) in [5.41, 5.74) is 1.60. The number of amides is 2. The number of ether oxygens (including phenoxy) is 2. The van der Waals surface area contributed by atoms with E-state index in [1.165, 1.54) is 19.1 Å². The molecule has 0 radical (unpaired) electrons. The van der Waals surface area contributed by atoms with Crippen molar-refractivity contribution >= 4 is 23.7 Å². The summed E-state index contributed by atoms with van der Waals surface area (Å²) in [5.74, 6) is -1.03. The number of esters is 2. The van der Waals surface area contributed by atoms with Crippen molar-refractivity contribution in [2.75, 3.05) is 32.6 Å². The van der Waals surface area contributed by atoms with Crippen LogP contribution in [-0.2, 0) is 19.1 Å². The highest BCUT2D eigenvalue weighted by Gasteiger charge is 2.19. The number of anilines is 1. The van der Waals surface area contributed by atoms with Crippen molar-refractivity contribution in [2.45, 2.75) is 13.3 Å². The minimum atomic E-state index is -0.566. The number of methoxy groups -OCH3 is 2. The van der Waals surface area contributed by atoms with Crippen LogP contribution in [0.3, 0.4) is 0 Å². The Kier molecular flexibility index (Phi) is 6.88. The van der Waals surface area contributed by atoms with Crippen LogP contribution in [-0.4, -0.2) is 50.2 Å². The summed E-state index contributed by atoms with van der Waals surface area (Å²) in [4.78, 5) is 36.0. The molecule has 0 aliphatic heterocycles. The molecule has 1 N–H and O–H groups in total. The Balaban J connectivity index is 2.73. The first-order valence-electron chi connectivity index (χ1n) is 6.72. The molecule has 0 spiro atoms. The lowest BCUT2D eigenvalue weighted by Crippen LogP contribution is -2.40. The van der Waals surface area contributed by atoms with Gasteiger partial charge >= 0.3 is 18.0 Å². The SMILES string of the molecule is COC(=O)CCN(CC(=O)OC)C(=O)Nc1cccc(C)c1. The van der Waals surface area contributed by atoms with E-state index in [4.69, 9.17) is 0 Å². The number of hydrogen-bond donors (Lipinski definition) is 1. The molecule has 7 nitrogen and oxygen atoms in total. The highest BCUT2D eigenvalue weighted by atomic mass is 16.5. The summed E-state index contributed by atoms with van der Waals surface area (Å²) in [6.07, 6.45) is -0.00523. The van der Waals surface area contributed by atoms with E-state index in [-0.39, 0.29) is 19.5 Å². The fourth-order valence-corrected chi connectivity index (χ4v) is 1.73. The summed E-state index contributed by atoms with van der Waals surface area (Å²) < 4.78 is 9.09. The predicted molar refractivity (Wildman–Crippen MR) is 80.4 cm³/mol. The van der Waals surface area contributed by atoms with Gasteiger partial charge in [-0.2, -0.15) is 0 Å². The second kappa shape index (κ2) is 8.66. The lowest BCUT2D eigenvalue weighted by Gasteiger charge is -2.21. The molecule has 22 heavy (non-hydrogen) atoms.